The van der Waals surface area contributed by atoms with Crippen LogP contribution < -0.4 is 14.2 Å². The van der Waals surface area contributed by atoms with E-state index in [-0.39, 0.29) is 18.0 Å². The fraction of sp³-hybridized carbons (Fsp3) is 0.188. The van der Waals surface area contributed by atoms with Gasteiger partial charge in [-0.15, -0.1) is 0 Å². The third kappa shape index (κ3) is 4.13. The van der Waals surface area contributed by atoms with Gasteiger partial charge in [0.15, 0.2) is 11.5 Å². The van der Waals surface area contributed by atoms with Crippen LogP contribution in [0, 0.1) is 10.1 Å². The Morgan fingerprint density at radius 1 is 1.08 bits per heavy atom. The van der Waals surface area contributed by atoms with Gasteiger partial charge in [-0.05, 0) is 18.2 Å². The summed E-state index contributed by atoms with van der Waals surface area (Å²) in [6.45, 7) is -0.0772. The zero-order chi connectivity index (χ0) is 17.5. The highest BCUT2D eigenvalue weighted by Crippen LogP contribution is 2.31. The summed E-state index contributed by atoms with van der Waals surface area (Å²) < 4.78 is 20.4. The van der Waals surface area contributed by atoms with Gasteiger partial charge < -0.3 is 18.9 Å². The lowest BCUT2D eigenvalue weighted by molar-refractivity contribution is -0.384. The maximum Gasteiger partial charge on any atom is 0.514 e. The van der Waals surface area contributed by atoms with E-state index in [0.29, 0.717) is 17.1 Å². The van der Waals surface area contributed by atoms with Crippen molar-refractivity contribution in [3.8, 4) is 17.2 Å². The van der Waals surface area contributed by atoms with Crippen molar-refractivity contribution >= 4 is 11.8 Å². The Hall–Kier alpha value is -3.29. The predicted molar refractivity (Wildman–Crippen MR) is 83.5 cm³/mol. The van der Waals surface area contributed by atoms with E-state index in [1.807, 2.05) is 0 Å². The average Bonchev–Trinajstić information content (AvgIpc) is 2.59. The molecule has 0 aromatic heterocycles. The molecule has 0 atom stereocenters. The molecule has 8 heteroatoms. The van der Waals surface area contributed by atoms with Crippen molar-refractivity contribution in [2.75, 3.05) is 14.2 Å². The van der Waals surface area contributed by atoms with E-state index in [0.717, 1.165) is 0 Å². The van der Waals surface area contributed by atoms with Gasteiger partial charge in [0.25, 0.3) is 5.69 Å². The summed E-state index contributed by atoms with van der Waals surface area (Å²) in [4.78, 5) is 21.7. The molecule has 2 rings (SSSR count). The number of rotatable bonds is 6. The van der Waals surface area contributed by atoms with Gasteiger partial charge in [0.05, 0.1) is 19.1 Å². The van der Waals surface area contributed by atoms with Gasteiger partial charge in [-0.3, -0.25) is 10.1 Å². The summed E-state index contributed by atoms with van der Waals surface area (Å²) in [5.74, 6) is 1.12. The van der Waals surface area contributed by atoms with E-state index in [1.54, 1.807) is 18.2 Å². The lowest BCUT2D eigenvalue weighted by Gasteiger charge is -2.12. The van der Waals surface area contributed by atoms with Crippen LogP contribution in [0.15, 0.2) is 42.5 Å². The highest BCUT2D eigenvalue weighted by molar-refractivity contribution is 5.64. The van der Waals surface area contributed by atoms with Gasteiger partial charge >= 0.3 is 6.16 Å². The molecule has 0 spiro atoms. The van der Waals surface area contributed by atoms with E-state index < -0.39 is 11.1 Å². The van der Waals surface area contributed by atoms with Gasteiger partial charge in [-0.1, -0.05) is 12.1 Å². The summed E-state index contributed by atoms with van der Waals surface area (Å²) in [6, 6.07) is 10.3. The van der Waals surface area contributed by atoms with Gasteiger partial charge in [-0.2, -0.15) is 0 Å². The third-order valence-corrected chi connectivity index (χ3v) is 3.08. The maximum absolute atomic E-state index is 11.7. The predicted octanol–water partition coefficient (Wildman–Crippen LogP) is 3.33. The number of nitrogens with zero attached hydrogens (tertiary/aromatic N) is 1. The van der Waals surface area contributed by atoms with Crippen LogP contribution >= 0.6 is 0 Å². The van der Waals surface area contributed by atoms with E-state index in [1.165, 1.54) is 38.5 Å². The van der Waals surface area contributed by atoms with E-state index in [9.17, 15) is 14.9 Å². The van der Waals surface area contributed by atoms with Gasteiger partial charge in [0.1, 0.15) is 12.4 Å². The second kappa shape index (κ2) is 7.82. The zero-order valence-corrected chi connectivity index (χ0v) is 13.1. The van der Waals surface area contributed by atoms with Crippen molar-refractivity contribution in [2.45, 2.75) is 6.61 Å². The zero-order valence-electron chi connectivity index (χ0n) is 13.1. The Labute approximate surface area is 137 Å². The molecule has 2 aromatic rings. The van der Waals surface area contributed by atoms with Crippen molar-refractivity contribution < 1.29 is 28.7 Å². The van der Waals surface area contributed by atoms with Crippen molar-refractivity contribution in [2.24, 2.45) is 0 Å². The van der Waals surface area contributed by atoms with E-state index in [4.69, 9.17) is 18.9 Å². The molecule has 8 nitrogen and oxygen atoms in total. The minimum absolute atomic E-state index is 0.0772. The molecule has 0 radical (unpaired) electrons. The fourth-order valence-electron chi connectivity index (χ4n) is 1.97. The summed E-state index contributed by atoms with van der Waals surface area (Å²) in [6.07, 6.45) is -0.936. The molecular weight excluding hydrogens is 318 g/mol. The number of methoxy groups -OCH3 is 2. The molecule has 0 saturated carbocycles. The first-order chi connectivity index (χ1) is 11.5. The van der Waals surface area contributed by atoms with Crippen LogP contribution in [0.3, 0.4) is 0 Å². The van der Waals surface area contributed by atoms with Gasteiger partial charge in [-0.25, -0.2) is 4.79 Å². The molecule has 0 aliphatic heterocycles. The molecule has 0 unspecified atom stereocenters. The largest absolute Gasteiger partial charge is 0.514 e. The Kier molecular flexibility index (Phi) is 5.56. The molecular formula is C16H15NO7. The molecule has 0 saturated heterocycles. The number of carbonyl (C=O) groups is 1. The Morgan fingerprint density at radius 2 is 1.79 bits per heavy atom. The standard InChI is InChI=1S/C16H15NO7/c1-21-14-5-3-4-11(15(14)22-2)10-23-16(18)24-13-8-6-12(7-9-13)17(19)20/h3-9H,10H2,1-2H3. The minimum Gasteiger partial charge on any atom is -0.493 e. The van der Waals surface area contributed by atoms with Gasteiger partial charge in [0.2, 0.25) is 0 Å². The molecule has 0 fully saturated rings. The highest BCUT2D eigenvalue weighted by Gasteiger charge is 2.13. The van der Waals surface area contributed by atoms with E-state index in [2.05, 4.69) is 0 Å². The van der Waals surface area contributed by atoms with Crippen molar-refractivity contribution in [1.82, 2.24) is 0 Å². The number of nitro groups is 1. The summed E-state index contributed by atoms with van der Waals surface area (Å²) in [7, 11) is 2.99. The van der Waals surface area contributed by atoms with Crippen molar-refractivity contribution in [3.63, 3.8) is 0 Å². The summed E-state index contributed by atoms with van der Waals surface area (Å²) in [5, 5.41) is 10.6. The SMILES string of the molecule is COc1cccc(COC(=O)Oc2ccc([N+](=O)[O-])cc2)c1OC. The maximum atomic E-state index is 11.7. The molecule has 0 bridgehead atoms. The number of carbonyl (C=O) groups excluding carboxylic acids is 1. The smallest absolute Gasteiger partial charge is 0.493 e. The number of hydrogen-bond donors (Lipinski definition) is 0. The molecule has 0 N–H and O–H groups in total. The van der Waals surface area contributed by atoms with Crippen molar-refractivity contribution in [1.29, 1.82) is 0 Å². The number of nitro benzene ring substituents is 1. The number of hydrogen-bond acceptors (Lipinski definition) is 7. The quantitative estimate of drug-likeness (QED) is 0.346. The number of ether oxygens (including phenoxy) is 4. The summed E-state index contributed by atoms with van der Waals surface area (Å²) >= 11 is 0. The number of para-hydroxylation sites is 1. The average molecular weight is 333 g/mol. The van der Waals surface area contributed by atoms with Crippen LogP contribution in [0.4, 0.5) is 10.5 Å². The lowest BCUT2D eigenvalue weighted by atomic mass is 10.2. The molecule has 2 aromatic carbocycles. The molecule has 24 heavy (non-hydrogen) atoms. The lowest BCUT2D eigenvalue weighted by Crippen LogP contribution is -2.11. The Balaban J connectivity index is 1.97. The second-order valence-corrected chi connectivity index (χ2v) is 4.54. The monoisotopic (exact) mass is 333 g/mol. The normalized spacial score (nSPS) is 9.92. The fourth-order valence-corrected chi connectivity index (χ4v) is 1.97. The van der Waals surface area contributed by atoms with Crippen LogP contribution in [0.5, 0.6) is 17.2 Å². The molecule has 0 heterocycles. The Morgan fingerprint density at radius 3 is 2.38 bits per heavy atom. The summed E-state index contributed by atoms with van der Waals surface area (Å²) in [5.41, 5.74) is 0.509. The van der Waals surface area contributed by atoms with Crippen LogP contribution in [-0.4, -0.2) is 25.3 Å². The number of benzene rings is 2. The topological polar surface area (TPSA) is 97.1 Å². The third-order valence-electron chi connectivity index (χ3n) is 3.08. The molecule has 0 amide bonds. The first-order valence-corrected chi connectivity index (χ1v) is 6.84. The highest BCUT2D eigenvalue weighted by atomic mass is 16.7. The molecule has 0 aliphatic rings. The van der Waals surface area contributed by atoms with Crippen LogP contribution in [-0.2, 0) is 11.3 Å². The van der Waals surface area contributed by atoms with Crippen LogP contribution in [0.25, 0.3) is 0 Å². The number of non-ortho nitro benzene ring substituents is 1. The first kappa shape index (κ1) is 17.1. The molecule has 0 aliphatic carbocycles. The van der Waals surface area contributed by atoms with Crippen molar-refractivity contribution in [3.05, 3.63) is 58.1 Å². The van der Waals surface area contributed by atoms with E-state index >= 15 is 0 Å². The van der Waals surface area contributed by atoms with Crippen LogP contribution in [0.2, 0.25) is 0 Å². The van der Waals surface area contributed by atoms with Gasteiger partial charge in [0, 0.05) is 17.7 Å². The second-order valence-electron chi connectivity index (χ2n) is 4.54. The first-order valence-electron chi connectivity index (χ1n) is 6.84. The Bertz CT molecular complexity index is 728. The molecule has 126 valence electrons. The van der Waals surface area contributed by atoms with Crippen LogP contribution in [0.1, 0.15) is 5.56 Å². The minimum atomic E-state index is -0.936.